The van der Waals surface area contributed by atoms with Crippen molar-refractivity contribution in [2.75, 3.05) is 13.7 Å². The summed E-state index contributed by atoms with van der Waals surface area (Å²) in [5, 5.41) is 0. The molecule has 2 aliphatic heterocycles. The number of amides is 1. The van der Waals surface area contributed by atoms with Gasteiger partial charge in [-0.25, -0.2) is 9.59 Å². The highest BCUT2D eigenvalue weighted by atomic mass is 16.6. The molecule has 0 unspecified atom stereocenters. The molecular formula is C28H37NO6. The van der Waals surface area contributed by atoms with Gasteiger partial charge in [-0.05, 0) is 57.7 Å². The van der Waals surface area contributed by atoms with Gasteiger partial charge >= 0.3 is 12.1 Å². The average molecular weight is 484 g/mol. The summed E-state index contributed by atoms with van der Waals surface area (Å²) in [5.74, 6) is 0.397. The first-order chi connectivity index (χ1) is 16.6. The Labute approximate surface area is 208 Å². The highest BCUT2D eigenvalue weighted by Gasteiger charge is 2.59. The lowest BCUT2D eigenvalue weighted by molar-refractivity contribution is -0.148. The maximum Gasteiger partial charge on any atom is 0.411 e. The molecule has 0 bridgehead atoms. The van der Waals surface area contributed by atoms with Crippen LogP contribution < -0.4 is 4.74 Å². The van der Waals surface area contributed by atoms with Crippen LogP contribution in [0, 0.1) is 0 Å². The first-order valence-corrected chi connectivity index (χ1v) is 12.1. The summed E-state index contributed by atoms with van der Waals surface area (Å²) >= 11 is 0. The number of methoxy groups -OCH3 is 1. The van der Waals surface area contributed by atoms with Gasteiger partial charge in [0.1, 0.15) is 11.4 Å². The lowest BCUT2D eigenvalue weighted by atomic mass is 9.83. The number of carbonyl (C=O) groups is 2. The second-order valence-corrected chi connectivity index (χ2v) is 9.92. The van der Waals surface area contributed by atoms with Crippen LogP contribution in [-0.2, 0) is 25.6 Å². The highest BCUT2D eigenvalue weighted by molar-refractivity contribution is 5.88. The van der Waals surface area contributed by atoms with Crippen molar-refractivity contribution in [3.05, 3.63) is 66.8 Å². The van der Waals surface area contributed by atoms with E-state index in [1.807, 2.05) is 45.0 Å². The Kier molecular flexibility index (Phi) is 8.43. The molecule has 0 radical (unpaired) electrons. The molecular weight excluding hydrogens is 446 g/mol. The fourth-order valence-corrected chi connectivity index (χ4v) is 4.77. The van der Waals surface area contributed by atoms with E-state index in [4.69, 9.17) is 18.9 Å². The second-order valence-electron chi connectivity index (χ2n) is 9.92. The molecule has 0 N–H and O–H groups in total. The van der Waals surface area contributed by atoms with Gasteiger partial charge in [0.05, 0.1) is 25.8 Å². The highest BCUT2D eigenvalue weighted by Crippen LogP contribution is 2.47. The molecule has 1 aromatic rings. The van der Waals surface area contributed by atoms with Crippen LogP contribution in [0.25, 0.3) is 0 Å². The van der Waals surface area contributed by atoms with E-state index in [0.29, 0.717) is 31.6 Å². The summed E-state index contributed by atoms with van der Waals surface area (Å²) in [6, 6.07) is 7.06. The molecule has 1 amide bonds. The molecule has 3 atom stereocenters. The number of carbonyl (C=O) groups excluding carboxylic acids is 2. The van der Waals surface area contributed by atoms with E-state index in [1.54, 1.807) is 24.2 Å². The quantitative estimate of drug-likeness (QED) is 0.254. The molecule has 7 nitrogen and oxygen atoms in total. The molecule has 0 aliphatic carbocycles. The molecule has 7 heteroatoms. The maximum atomic E-state index is 13.2. The Morgan fingerprint density at radius 3 is 2.54 bits per heavy atom. The predicted octanol–water partition coefficient (Wildman–Crippen LogP) is 5.35. The Hall–Kier alpha value is -3.06. The molecule has 190 valence electrons. The van der Waals surface area contributed by atoms with Crippen LogP contribution in [-0.4, -0.2) is 54.0 Å². The standard InChI is InChI=1S/C28H37NO6/c1-7-21-17-25(30)34-28(21)18-22(8-2)29(26(31)35-27(3,4)5)24(28)11-9-10-16-33-19-20-12-14-23(32-6)15-13-20/h7-8,12-15,17,22,24H,1-2,9-11,16,18-19H2,3-6H3/t22-,24+,28+/m1/s1. The zero-order chi connectivity index (χ0) is 25.6. The fourth-order valence-electron chi connectivity index (χ4n) is 4.77. The molecule has 35 heavy (non-hydrogen) atoms. The predicted molar refractivity (Wildman–Crippen MR) is 134 cm³/mol. The Bertz CT molecular complexity index is 961. The minimum atomic E-state index is -0.946. The first-order valence-electron chi connectivity index (χ1n) is 12.1. The Morgan fingerprint density at radius 2 is 1.94 bits per heavy atom. The van der Waals surface area contributed by atoms with Crippen LogP contribution in [0.4, 0.5) is 4.79 Å². The van der Waals surface area contributed by atoms with E-state index in [9.17, 15) is 9.59 Å². The topological polar surface area (TPSA) is 74.3 Å². The van der Waals surface area contributed by atoms with Crippen LogP contribution >= 0.6 is 0 Å². The molecule has 0 aromatic heterocycles. The van der Waals surface area contributed by atoms with Gasteiger partial charge in [0.15, 0.2) is 5.60 Å². The molecule has 0 saturated carbocycles. The summed E-state index contributed by atoms with van der Waals surface area (Å²) < 4.78 is 22.6. The van der Waals surface area contributed by atoms with Crippen LogP contribution in [0.2, 0.25) is 0 Å². The van der Waals surface area contributed by atoms with Crippen molar-refractivity contribution in [2.24, 2.45) is 0 Å². The second kappa shape index (κ2) is 11.1. The molecule has 1 fully saturated rings. The van der Waals surface area contributed by atoms with E-state index in [2.05, 4.69) is 13.2 Å². The summed E-state index contributed by atoms with van der Waals surface area (Å²) in [7, 11) is 1.64. The lowest BCUT2D eigenvalue weighted by Gasteiger charge is -2.36. The maximum absolute atomic E-state index is 13.2. The zero-order valence-electron chi connectivity index (χ0n) is 21.2. The monoisotopic (exact) mass is 483 g/mol. The lowest BCUT2D eigenvalue weighted by Crippen LogP contribution is -2.50. The van der Waals surface area contributed by atoms with E-state index in [0.717, 1.165) is 24.2 Å². The third kappa shape index (κ3) is 6.14. The van der Waals surface area contributed by atoms with Gasteiger partial charge in [-0.3, -0.25) is 4.90 Å². The minimum Gasteiger partial charge on any atom is -0.497 e. The van der Waals surface area contributed by atoms with Gasteiger partial charge < -0.3 is 18.9 Å². The largest absolute Gasteiger partial charge is 0.497 e. The number of ether oxygens (including phenoxy) is 4. The van der Waals surface area contributed by atoms with E-state index in [-0.39, 0.29) is 6.04 Å². The van der Waals surface area contributed by atoms with Crippen LogP contribution in [0.3, 0.4) is 0 Å². The molecule has 1 aromatic carbocycles. The number of hydrogen-bond acceptors (Lipinski definition) is 6. The summed E-state index contributed by atoms with van der Waals surface area (Å²) in [6.45, 7) is 14.4. The summed E-state index contributed by atoms with van der Waals surface area (Å²) in [4.78, 5) is 27.2. The van der Waals surface area contributed by atoms with Gasteiger partial charge in [-0.15, -0.1) is 6.58 Å². The number of unbranched alkanes of at least 4 members (excludes halogenated alkanes) is 1. The number of hydrogen-bond donors (Lipinski definition) is 0. The van der Waals surface area contributed by atoms with Crippen molar-refractivity contribution in [2.45, 2.75) is 76.3 Å². The number of benzene rings is 1. The molecule has 2 heterocycles. The first kappa shape index (κ1) is 26.5. The van der Waals surface area contributed by atoms with E-state index >= 15 is 0 Å². The molecule has 3 rings (SSSR count). The van der Waals surface area contributed by atoms with Crippen molar-refractivity contribution >= 4 is 12.1 Å². The Morgan fingerprint density at radius 1 is 1.23 bits per heavy atom. The third-order valence-corrected chi connectivity index (χ3v) is 6.33. The summed E-state index contributed by atoms with van der Waals surface area (Å²) in [6.07, 6.45) is 7.02. The van der Waals surface area contributed by atoms with Crippen molar-refractivity contribution in [1.29, 1.82) is 0 Å². The zero-order valence-corrected chi connectivity index (χ0v) is 21.2. The van der Waals surface area contributed by atoms with Gasteiger partial charge in [-0.1, -0.05) is 30.9 Å². The van der Waals surface area contributed by atoms with Crippen LogP contribution in [0.15, 0.2) is 61.2 Å². The normalized spacial score (nSPS) is 23.7. The van der Waals surface area contributed by atoms with Crippen LogP contribution in [0.1, 0.15) is 52.0 Å². The number of esters is 1. The third-order valence-electron chi connectivity index (χ3n) is 6.33. The molecule has 1 saturated heterocycles. The molecule has 1 spiro atoms. The smallest absolute Gasteiger partial charge is 0.411 e. The van der Waals surface area contributed by atoms with Gasteiger partial charge in [0, 0.05) is 24.7 Å². The van der Waals surface area contributed by atoms with E-state index in [1.165, 1.54) is 6.08 Å². The number of likely N-dealkylation sites (tertiary alicyclic amines) is 1. The van der Waals surface area contributed by atoms with Crippen molar-refractivity contribution in [3.8, 4) is 5.75 Å². The SMILES string of the molecule is C=CC1=CC(=O)O[C@@]12C[C@@H](C=C)N(C(=O)OC(C)(C)C)[C@H]2CCCCOCc1ccc(OC)cc1. The molecule has 2 aliphatic rings. The van der Waals surface area contributed by atoms with Gasteiger partial charge in [0.25, 0.3) is 0 Å². The van der Waals surface area contributed by atoms with Crippen molar-refractivity contribution in [3.63, 3.8) is 0 Å². The van der Waals surface area contributed by atoms with Gasteiger partial charge in [-0.2, -0.15) is 0 Å². The Balaban J connectivity index is 1.67. The number of nitrogens with zero attached hydrogens (tertiary/aromatic N) is 1. The minimum absolute atomic E-state index is 0.324. The summed E-state index contributed by atoms with van der Waals surface area (Å²) in [5.41, 5.74) is 0.172. The van der Waals surface area contributed by atoms with Crippen LogP contribution in [0.5, 0.6) is 5.75 Å². The average Bonchev–Trinajstić information content (AvgIpc) is 3.31. The fraction of sp³-hybridized carbons (Fsp3) is 0.500. The number of rotatable bonds is 10. The van der Waals surface area contributed by atoms with E-state index < -0.39 is 29.3 Å². The van der Waals surface area contributed by atoms with Crippen molar-refractivity contribution < 1.29 is 28.5 Å². The van der Waals surface area contributed by atoms with Gasteiger partial charge in [0.2, 0.25) is 0 Å². The van der Waals surface area contributed by atoms with Crippen molar-refractivity contribution in [1.82, 2.24) is 4.90 Å².